The zero-order valence-electron chi connectivity index (χ0n) is 6.28. The molecule has 0 unspecified atom stereocenters. The van der Waals surface area contributed by atoms with E-state index in [4.69, 9.17) is 5.11 Å². The van der Waals surface area contributed by atoms with Crippen LogP contribution in [0, 0.1) is 0 Å². The van der Waals surface area contributed by atoms with Gasteiger partial charge in [0.25, 0.3) is 0 Å². The molecule has 0 aliphatic rings. The lowest BCUT2D eigenvalue weighted by Crippen LogP contribution is -2.04. The summed E-state index contributed by atoms with van der Waals surface area (Å²) in [4.78, 5) is 10.9. The van der Waals surface area contributed by atoms with Crippen LogP contribution >= 0.6 is 63.7 Å². The number of hydrogen-bond acceptors (Lipinski definition) is 2. The molecule has 7 heteroatoms. The van der Waals surface area contributed by atoms with Gasteiger partial charge in [0.15, 0.2) is 0 Å². The number of benzene rings is 1. The Bertz CT molecular complexity index is 387. The third-order valence-corrected chi connectivity index (χ3v) is 5.60. The molecule has 0 aliphatic heterocycles. The summed E-state index contributed by atoms with van der Waals surface area (Å²) in [6.07, 6.45) is 0. The van der Waals surface area contributed by atoms with E-state index in [0.717, 1.165) is 0 Å². The Hall–Kier alpha value is 0.410. The zero-order chi connectivity index (χ0) is 11.0. The Morgan fingerprint density at radius 1 is 1.00 bits per heavy atom. The Balaban J connectivity index is 3.68. The summed E-state index contributed by atoms with van der Waals surface area (Å²) in [5.41, 5.74) is 0.00310. The molecule has 0 bridgehead atoms. The Labute approximate surface area is 113 Å². The zero-order valence-corrected chi connectivity index (χ0v) is 12.6. The average Bonchev–Trinajstić information content (AvgIpc) is 2.11. The molecule has 1 aromatic rings. The van der Waals surface area contributed by atoms with Gasteiger partial charge in [-0.15, -0.1) is 0 Å². The van der Waals surface area contributed by atoms with Gasteiger partial charge in [-0.05, 0) is 31.9 Å². The fourth-order valence-corrected chi connectivity index (χ4v) is 3.22. The number of carboxylic acids is 1. The smallest absolute Gasteiger partial charge is 0.338 e. The topological polar surface area (TPSA) is 60.4 Å². The van der Waals surface area contributed by atoms with Crippen molar-refractivity contribution in [3.05, 3.63) is 23.5 Å². The van der Waals surface area contributed by atoms with Crippen molar-refractivity contribution in [3.8, 4) is 5.75 Å². The summed E-state index contributed by atoms with van der Waals surface area (Å²) < 4.78 is 0.824. The lowest BCUT2D eigenvalue weighted by Gasteiger charge is -2.17. The van der Waals surface area contributed by atoms with Gasteiger partial charge >= 0.3 is 5.97 Å². The average molecular weight is 453 g/mol. The van der Waals surface area contributed by atoms with Gasteiger partial charge in [-0.3, -0.25) is 0 Å². The van der Waals surface area contributed by atoms with Crippen LogP contribution in [0.3, 0.4) is 0 Å². The number of hydrogen-bond donors (Lipinski definition) is 1. The van der Waals surface area contributed by atoms with Crippen molar-refractivity contribution in [1.29, 1.82) is 0 Å². The molecule has 0 fully saturated rings. The van der Waals surface area contributed by atoms with E-state index in [2.05, 4.69) is 63.7 Å². The van der Waals surface area contributed by atoms with Crippen LogP contribution in [-0.4, -0.2) is 11.1 Å². The predicted molar refractivity (Wildman–Crippen MR) is 63.6 cm³/mol. The lowest BCUT2D eigenvalue weighted by atomic mass is 10.2. The van der Waals surface area contributed by atoms with E-state index < -0.39 is 5.97 Å². The van der Waals surface area contributed by atoms with Crippen molar-refractivity contribution in [2.75, 3.05) is 0 Å². The van der Waals surface area contributed by atoms with E-state index in [1.807, 2.05) is 0 Å². The van der Waals surface area contributed by atoms with Gasteiger partial charge in [0, 0.05) is 17.9 Å². The second kappa shape index (κ2) is 4.51. The van der Waals surface area contributed by atoms with Crippen LogP contribution in [0.5, 0.6) is 5.75 Å². The van der Waals surface area contributed by atoms with Gasteiger partial charge in [-0.2, -0.15) is 0 Å². The summed E-state index contributed by atoms with van der Waals surface area (Å²) in [5.74, 6) is -1.43. The minimum Gasteiger partial charge on any atom is -0.871 e. The second-order valence-electron chi connectivity index (χ2n) is 2.27. The third-order valence-electron chi connectivity index (χ3n) is 1.44. The van der Waals surface area contributed by atoms with Crippen molar-refractivity contribution >= 4 is 69.7 Å². The lowest BCUT2D eigenvalue weighted by molar-refractivity contribution is -0.270. The van der Waals surface area contributed by atoms with Crippen LogP contribution < -0.4 is 5.11 Å². The van der Waals surface area contributed by atoms with Crippen LogP contribution in [0.4, 0.5) is 0 Å². The molecule has 0 saturated carbocycles. The molecule has 0 atom stereocenters. The van der Waals surface area contributed by atoms with Crippen molar-refractivity contribution in [3.63, 3.8) is 0 Å². The van der Waals surface area contributed by atoms with Crippen molar-refractivity contribution in [2.45, 2.75) is 0 Å². The minimum atomic E-state index is -1.12. The quantitative estimate of drug-likeness (QED) is 0.664. The predicted octanol–water partition coefficient (Wildman–Crippen LogP) is 3.51. The summed E-state index contributed by atoms with van der Waals surface area (Å²) in [5, 5.41) is 20.3. The molecule has 1 aromatic carbocycles. The van der Waals surface area contributed by atoms with E-state index in [9.17, 15) is 9.90 Å². The Morgan fingerprint density at radius 3 is 1.64 bits per heavy atom. The highest BCUT2D eigenvalue weighted by Gasteiger charge is 2.19. The highest BCUT2D eigenvalue weighted by Crippen LogP contribution is 2.44. The Morgan fingerprint density at radius 2 is 1.36 bits per heavy atom. The van der Waals surface area contributed by atoms with Crippen molar-refractivity contribution < 1.29 is 15.0 Å². The molecule has 0 aromatic heterocycles. The largest absolute Gasteiger partial charge is 0.871 e. The normalized spacial score (nSPS) is 10.3. The maximum atomic E-state index is 11.4. The molecule has 0 spiro atoms. The first-order chi connectivity index (χ1) is 6.37. The van der Waals surface area contributed by atoms with Crippen LogP contribution in [-0.2, 0) is 0 Å². The summed E-state index contributed by atoms with van der Waals surface area (Å²) in [7, 11) is 0. The van der Waals surface area contributed by atoms with Crippen LogP contribution in [0.1, 0.15) is 10.4 Å². The van der Waals surface area contributed by atoms with Crippen molar-refractivity contribution in [1.82, 2.24) is 0 Å². The molecule has 0 saturated heterocycles. The monoisotopic (exact) mass is 449 g/mol. The van der Waals surface area contributed by atoms with Gasteiger partial charge in [0.05, 0.1) is 5.56 Å². The molecular weight excluding hydrogens is 452 g/mol. The summed E-state index contributed by atoms with van der Waals surface area (Å²) in [6, 6.07) is 0. The van der Waals surface area contributed by atoms with Gasteiger partial charge in [-0.1, -0.05) is 37.6 Å². The van der Waals surface area contributed by atoms with Gasteiger partial charge in [0.2, 0.25) is 0 Å². The molecule has 0 radical (unpaired) electrons. The molecular formula is C7HBr4O3-. The van der Waals surface area contributed by atoms with E-state index >= 15 is 0 Å². The first kappa shape index (κ1) is 12.5. The van der Waals surface area contributed by atoms with Gasteiger partial charge in [0.1, 0.15) is 0 Å². The second-order valence-corrected chi connectivity index (χ2v) is 5.44. The van der Waals surface area contributed by atoms with Crippen molar-refractivity contribution in [2.24, 2.45) is 0 Å². The SMILES string of the molecule is O=C(O)c1c(Br)c(Br)c([O-])c(Br)c1Br. The Kier molecular flexibility index (Phi) is 4.02. The fraction of sp³-hybridized carbons (Fsp3) is 0. The minimum absolute atomic E-state index is 0.00310. The molecule has 0 heterocycles. The van der Waals surface area contributed by atoms with Crippen LogP contribution in [0.25, 0.3) is 0 Å². The number of carboxylic acid groups (broad SMARTS) is 1. The van der Waals surface area contributed by atoms with E-state index in [1.54, 1.807) is 0 Å². The number of rotatable bonds is 1. The maximum Gasteiger partial charge on any atom is 0.338 e. The molecule has 1 rings (SSSR count). The molecule has 0 aliphatic carbocycles. The maximum absolute atomic E-state index is 11.4. The van der Waals surface area contributed by atoms with E-state index in [0.29, 0.717) is 0 Å². The molecule has 14 heavy (non-hydrogen) atoms. The van der Waals surface area contributed by atoms with Crippen LogP contribution in [0.15, 0.2) is 17.9 Å². The first-order valence-electron chi connectivity index (χ1n) is 3.14. The third kappa shape index (κ3) is 2.00. The number of halogens is 4. The highest BCUT2D eigenvalue weighted by atomic mass is 79.9. The molecule has 0 amide bonds. The summed E-state index contributed by atoms with van der Waals surface area (Å²) in [6.45, 7) is 0. The van der Waals surface area contributed by atoms with Gasteiger partial charge < -0.3 is 10.2 Å². The molecule has 3 nitrogen and oxygen atoms in total. The number of carbonyl (C=O) groups is 1. The van der Waals surface area contributed by atoms with E-state index in [1.165, 1.54) is 0 Å². The van der Waals surface area contributed by atoms with E-state index in [-0.39, 0.29) is 29.2 Å². The van der Waals surface area contributed by atoms with Gasteiger partial charge in [-0.25, -0.2) is 4.79 Å². The molecule has 1 N–H and O–H groups in total. The first-order valence-corrected chi connectivity index (χ1v) is 6.31. The molecule has 76 valence electrons. The highest BCUT2D eigenvalue weighted by molar-refractivity contribution is 9.14. The number of aromatic carboxylic acids is 1. The summed E-state index contributed by atoms with van der Waals surface area (Å²) >= 11 is 12.1. The van der Waals surface area contributed by atoms with Crippen LogP contribution in [0.2, 0.25) is 0 Å². The standard InChI is InChI=1S/C7H2Br4O3/c8-2-1(7(13)14)3(9)5(11)6(12)4(2)10/h12H,(H,13,14)/p-1. The fourth-order valence-electron chi connectivity index (χ4n) is 0.799.